The summed E-state index contributed by atoms with van der Waals surface area (Å²) in [7, 11) is -9.75. The molecular formula is C38H36F3N4O13PS2. The van der Waals surface area contributed by atoms with Crippen LogP contribution in [0.3, 0.4) is 0 Å². The fourth-order valence-electron chi connectivity index (χ4n) is 5.56. The van der Waals surface area contributed by atoms with E-state index in [4.69, 9.17) is 19.3 Å². The minimum atomic E-state index is -4.90. The van der Waals surface area contributed by atoms with Crippen LogP contribution < -0.4 is 29.4 Å². The van der Waals surface area contributed by atoms with Gasteiger partial charge in [-0.1, -0.05) is 6.92 Å². The van der Waals surface area contributed by atoms with Crippen molar-refractivity contribution < 1.29 is 75.1 Å². The highest BCUT2D eigenvalue weighted by Crippen LogP contribution is 2.48. The van der Waals surface area contributed by atoms with E-state index in [-0.39, 0.29) is 40.0 Å². The number of fused-ring (bicyclic) bond motifs is 1. The monoisotopic (exact) mass is 908 g/mol. The third-order valence-corrected chi connectivity index (χ3v) is 13.0. The van der Waals surface area contributed by atoms with Crippen LogP contribution in [0.2, 0.25) is 0 Å². The number of halogens is 3. The average Bonchev–Trinajstić information content (AvgIpc) is 3.61. The number of phenolic OH excluding ortho intramolecular Hbond substituents is 4. The molecule has 0 aliphatic carbocycles. The number of aromatic hydroxyl groups is 4. The van der Waals surface area contributed by atoms with Crippen molar-refractivity contribution in [3.8, 4) is 46.3 Å². The van der Waals surface area contributed by atoms with Gasteiger partial charge in [-0.3, -0.25) is 9.59 Å². The molecule has 0 spiro atoms. The highest BCUT2D eigenvalue weighted by atomic mass is 32.2. The molecule has 5 rings (SSSR count). The lowest BCUT2D eigenvalue weighted by molar-refractivity contribution is 0.0912. The molecule has 0 saturated carbocycles. The van der Waals surface area contributed by atoms with E-state index in [2.05, 4.69) is 10.6 Å². The number of hydrogen-bond acceptors (Lipinski definition) is 14. The van der Waals surface area contributed by atoms with Gasteiger partial charge in [0, 0.05) is 22.6 Å². The molecule has 0 aliphatic rings. The van der Waals surface area contributed by atoms with Crippen LogP contribution >= 0.6 is 18.9 Å². The Bertz CT molecular complexity index is 2730. The topological polar surface area (TPSA) is 274 Å². The van der Waals surface area contributed by atoms with Gasteiger partial charge in [-0.05, 0) is 74.4 Å². The molecule has 324 valence electrons. The first-order chi connectivity index (χ1) is 28.7. The molecule has 23 heteroatoms. The molecule has 0 aliphatic heterocycles. The fraction of sp³-hybridized carbons (Fsp3) is 0.237. The molecule has 1 heterocycles. The van der Waals surface area contributed by atoms with Crippen molar-refractivity contribution in [2.75, 3.05) is 19.5 Å². The number of phenols is 4. The van der Waals surface area contributed by atoms with Gasteiger partial charge in [0.2, 0.25) is 11.5 Å². The summed E-state index contributed by atoms with van der Waals surface area (Å²) in [5, 5.41) is 52.1. The second-order valence-electron chi connectivity index (χ2n) is 13.3. The van der Waals surface area contributed by atoms with Gasteiger partial charge in [-0.25, -0.2) is 26.2 Å². The first-order valence-electron chi connectivity index (χ1n) is 17.7. The van der Waals surface area contributed by atoms with Crippen molar-refractivity contribution in [3.63, 3.8) is 0 Å². The maximum Gasteiger partial charge on any atom is 0.391 e. The normalized spacial score (nSPS) is 13.4. The van der Waals surface area contributed by atoms with Gasteiger partial charge in [-0.2, -0.15) is 9.98 Å². The third kappa shape index (κ3) is 10.6. The number of carbonyl (C=O) groups excluding carboxylic acids is 2. The van der Waals surface area contributed by atoms with Crippen LogP contribution in [0, 0.1) is 28.8 Å². The van der Waals surface area contributed by atoms with E-state index in [1.54, 1.807) is 6.07 Å². The summed E-state index contributed by atoms with van der Waals surface area (Å²) < 4.78 is 104. The van der Waals surface area contributed by atoms with Crippen molar-refractivity contribution in [2.45, 2.75) is 43.5 Å². The summed E-state index contributed by atoms with van der Waals surface area (Å²) in [5.74, 6) is -9.48. The first kappa shape index (κ1) is 45.8. The number of sulfonamides is 1. The predicted molar refractivity (Wildman–Crippen MR) is 212 cm³/mol. The summed E-state index contributed by atoms with van der Waals surface area (Å²) in [6, 6.07) is 8.86. The second-order valence-corrected chi connectivity index (χ2v) is 18.0. The molecule has 0 radical (unpaired) electrons. The second kappa shape index (κ2) is 18.6. The fourth-order valence-corrected chi connectivity index (χ4v) is 10.0. The van der Waals surface area contributed by atoms with E-state index < -0.39 is 133 Å². The Morgan fingerprint density at radius 1 is 0.836 bits per heavy atom. The molecule has 17 nitrogen and oxygen atoms in total. The van der Waals surface area contributed by atoms with Gasteiger partial charge in [0.25, 0.3) is 21.8 Å². The van der Waals surface area contributed by atoms with Crippen LogP contribution in [0.1, 0.15) is 52.6 Å². The molecule has 0 bridgehead atoms. The van der Waals surface area contributed by atoms with Gasteiger partial charge < -0.3 is 50.0 Å². The molecule has 0 fully saturated rings. The number of thiophene rings is 1. The Morgan fingerprint density at radius 3 is 1.84 bits per heavy atom. The lowest BCUT2D eigenvalue weighted by atomic mass is 10.1. The zero-order chi connectivity index (χ0) is 45.0. The number of ether oxygens (including phenoxy) is 2. The average molecular weight is 909 g/mol. The van der Waals surface area contributed by atoms with Crippen molar-refractivity contribution in [3.05, 3.63) is 94.3 Å². The van der Waals surface area contributed by atoms with Crippen molar-refractivity contribution >= 4 is 50.9 Å². The number of rotatable bonds is 17. The summed E-state index contributed by atoms with van der Waals surface area (Å²) >= 11 is 0.254. The molecule has 3 atom stereocenters. The zero-order valence-electron chi connectivity index (χ0n) is 32.0. The first-order valence-corrected chi connectivity index (χ1v) is 21.8. The summed E-state index contributed by atoms with van der Waals surface area (Å²) in [6.07, 6.45) is -1.51. The maximum absolute atomic E-state index is 16.8. The number of nitriles is 1. The summed E-state index contributed by atoms with van der Waals surface area (Å²) in [4.78, 5) is 36.0. The number of nitrogens with one attached hydrogen (secondary N) is 3. The number of benzene rings is 4. The molecule has 0 saturated heterocycles. The SMILES string of the molecule is CCc1c(S(=O)(=O)NCP(=O)(O)Oc2ccc(C#N)c(F)c2)sc2c(F)c(OCC(C)NC(=O)c3ccc(O)c(O)c3)c(OCC(C)NC(=O)c3ccc(O)c(O)c3)c(F)c12. The summed E-state index contributed by atoms with van der Waals surface area (Å²) in [5.41, 5.74) is -0.788. The van der Waals surface area contributed by atoms with E-state index in [0.717, 1.165) is 36.4 Å². The number of carbonyl (C=O) groups is 2. The van der Waals surface area contributed by atoms with E-state index in [9.17, 15) is 52.3 Å². The Labute approximate surface area is 349 Å². The molecule has 61 heavy (non-hydrogen) atoms. The van der Waals surface area contributed by atoms with Crippen LogP contribution in [0.5, 0.6) is 40.2 Å². The Kier molecular flexibility index (Phi) is 14.0. The van der Waals surface area contributed by atoms with Crippen molar-refractivity contribution in [1.82, 2.24) is 15.4 Å². The van der Waals surface area contributed by atoms with Crippen molar-refractivity contribution in [1.29, 1.82) is 5.26 Å². The van der Waals surface area contributed by atoms with Crippen LogP contribution in [-0.4, -0.2) is 77.1 Å². The molecule has 5 aromatic rings. The van der Waals surface area contributed by atoms with Crippen LogP contribution in [0.25, 0.3) is 10.1 Å². The standard InChI is InChI=1S/C38H36F3N4O13PS2/c1-4-24-30-31(40)33(56-15-18(2)44-36(50)20-6-9-26(46)28(48)11-20)34(57-16-19(3)45-37(51)21-7-10-27(47)29(49)12-21)32(41)35(30)60-38(24)61(54,55)43-17-59(52,53)58-23-8-5-22(14-42)25(39)13-23/h5-13,18-19,43,46-49H,4,15-17H2,1-3H3,(H,44,50)(H,45,51)(H,52,53). The predicted octanol–water partition coefficient (Wildman–Crippen LogP) is 5.47. The largest absolute Gasteiger partial charge is 0.504 e. The molecule has 3 unspecified atom stereocenters. The number of nitrogens with zero attached hydrogens (tertiary/aromatic N) is 1. The Balaban J connectivity index is 1.45. The number of amides is 2. The van der Waals surface area contributed by atoms with Gasteiger partial charge >= 0.3 is 7.60 Å². The van der Waals surface area contributed by atoms with Gasteiger partial charge in [-0.15, -0.1) is 11.3 Å². The van der Waals surface area contributed by atoms with E-state index in [1.807, 2.05) is 4.72 Å². The minimum absolute atomic E-state index is 0.0659. The van der Waals surface area contributed by atoms with Gasteiger partial charge in [0.15, 0.2) is 34.6 Å². The number of aryl methyl sites for hydroxylation is 1. The zero-order valence-corrected chi connectivity index (χ0v) is 34.6. The van der Waals surface area contributed by atoms with E-state index >= 15 is 8.78 Å². The van der Waals surface area contributed by atoms with Gasteiger partial charge in [0.05, 0.1) is 22.3 Å². The quantitative estimate of drug-likeness (QED) is 0.0425. The molecule has 2 amide bonds. The van der Waals surface area contributed by atoms with Crippen LogP contribution in [0.15, 0.2) is 58.8 Å². The lowest BCUT2D eigenvalue weighted by Gasteiger charge is -2.20. The highest BCUT2D eigenvalue weighted by Gasteiger charge is 2.34. The van der Waals surface area contributed by atoms with E-state index in [0.29, 0.717) is 6.07 Å². The summed E-state index contributed by atoms with van der Waals surface area (Å²) in [6.45, 7) is 3.21. The van der Waals surface area contributed by atoms with Crippen LogP contribution in [-0.2, 0) is 21.0 Å². The third-order valence-electron chi connectivity index (χ3n) is 8.54. The smallest absolute Gasteiger partial charge is 0.391 e. The Hall–Kier alpha value is -6.24. The molecule has 8 N–H and O–H groups in total. The van der Waals surface area contributed by atoms with E-state index in [1.165, 1.54) is 32.9 Å². The highest BCUT2D eigenvalue weighted by molar-refractivity contribution is 7.92. The Morgan fingerprint density at radius 2 is 1.36 bits per heavy atom. The molecule has 4 aromatic carbocycles. The molecular weight excluding hydrogens is 873 g/mol. The minimum Gasteiger partial charge on any atom is -0.504 e. The lowest BCUT2D eigenvalue weighted by Crippen LogP contribution is -2.37. The van der Waals surface area contributed by atoms with Gasteiger partial charge in [0.1, 0.15) is 41.3 Å². The van der Waals surface area contributed by atoms with Crippen LogP contribution in [0.4, 0.5) is 13.2 Å². The molecule has 1 aromatic heterocycles. The van der Waals surface area contributed by atoms with Crippen molar-refractivity contribution in [2.24, 2.45) is 0 Å². The number of hydrogen-bond donors (Lipinski definition) is 8. The maximum atomic E-state index is 16.8.